The topological polar surface area (TPSA) is 78.5 Å². The monoisotopic (exact) mass is 370 g/mol. The number of hydrogen-bond donors (Lipinski definition) is 1. The Morgan fingerprint density at radius 3 is 2.59 bits per heavy atom. The molecule has 1 saturated heterocycles. The summed E-state index contributed by atoms with van der Waals surface area (Å²) < 4.78 is 5.57. The number of piperazine rings is 1. The van der Waals surface area contributed by atoms with Crippen LogP contribution in [0.25, 0.3) is 0 Å². The van der Waals surface area contributed by atoms with Crippen molar-refractivity contribution in [3.05, 3.63) is 58.3 Å². The third-order valence-electron chi connectivity index (χ3n) is 4.69. The zero-order chi connectivity index (χ0) is 19.1. The molecule has 0 atom stereocenters. The van der Waals surface area contributed by atoms with Gasteiger partial charge in [0.05, 0.1) is 0 Å². The van der Waals surface area contributed by atoms with E-state index in [2.05, 4.69) is 21.8 Å². The fourth-order valence-electron chi connectivity index (χ4n) is 3.05. The van der Waals surface area contributed by atoms with E-state index < -0.39 is 5.56 Å². The van der Waals surface area contributed by atoms with E-state index in [1.54, 1.807) is 4.90 Å². The van der Waals surface area contributed by atoms with Crippen molar-refractivity contribution in [2.45, 2.75) is 26.4 Å². The van der Waals surface area contributed by atoms with Crippen molar-refractivity contribution >= 4 is 5.91 Å². The van der Waals surface area contributed by atoms with Crippen LogP contribution < -0.4 is 10.3 Å². The molecule has 2 heterocycles. The maximum Gasteiger partial charge on any atom is 0.263 e. The molecule has 1 aliphatic rings. The van der Waals surface area contributed by atoms with Gasteiger partial charge in [0, 0.05) is 32.4 Å². The number of amides is 1. The lowest BCUT2D eigenvalue weighted by molar-refractivity contribution is 0.0633. The number of carbonyl (C=O) groups is 1. The summed E-state index contributed by atoms with van der Waals surface area (Å²) in [6.45, 7) is 6.36. The van der Waals surface area contributed by atoms with Crippen LogP contribution in [-0.4, -0.2) is 58.4 Å². The Labute approximate surface area is 159 Å². The van der Waals surface area contributed by atoms with Crippen molar-refractivity contribution in [1.29, 1.82) is 0 Å². The number of rotatable bonds is 7. The van der Waals surface area contributed by atoms with E-state index in [9.17, 15) is 9.59 Å². The summed E-state index contributed by atoms with van der Waals surface area (Å²) in [5.41, 5.74) is -0.337. The predicted octanol–water partition coefficient (Wildman–Crippen LogP) is 1.91. The number of carbonyl (C=O) groups excluding carboxylic acids is 1. The largest absolute Gasteiger partial charge is 0.486 e. The molecule has 3 rings (SSSR count). The average molecular weight is 370 g/mol. The number of unbranched alkanes of at least 4 members (excludes halogenated alkanes) is 1. The molecule has 1 aromatic carbocycles. The van der Waals surface area contributed by atoms with Crippen LogP contribution in [-0.2, 0) is 6.61 Å². The summed E-state index contributed by atoms with van der Waals surface area (Å²) in [4.78, 5) is 35.9. The highest BCUT2D eigenvalue weighted by Gasteiger charge is 2.24. The Morgan fingerprint density at radius 1 is 1.19 bits per heavy atom. The summed E-state index contributed by atoms with van der Waals surface area (Å²) in [5.74, 6) is 0.834. The fourth-order valence-corrected chi connectivity index (χ4v) is 3.05. The highest BCUT2D eigenvalue weighted by molar-refractivity contribution is 5.93. The van der Waals surface area contributed by atoms with Crippen LogP contribution in [0, 0.1) is 0 Å². The van der Waals surface area contributed by atoms with Gasteiger partial charge in [-0.15, -0.1) is 0 Å². The van der Waals surface area contributed by atoms with Crippen molar-refractivity contribution in [1.82, 2.24) is 19.8 Å². The summed E-state index contributed by atoms with van der Waals surface area (Å²) in [5, 5.41) is 0. The van der Waals surface area contributed by atoms with E-state index in [0.717, 1.165) is 19.6 Å². The number of aromatic amines is 1. The van der Waals surface area contributed by atoms with E-state index >= 15 is 0 Å². The first-order chi connectivity index (χ1) is 13.2. The molecule has 7 heteroatoms. The minimum atomic E-state index is -0.421. The molecule has 1 N–H and O–H groups in total. The molecule has 7 nitrogen and oxygen atoms in total. The average Bonchev–Trinajstić information content (AvgIpc) is 2.71. The summed E-state index contributed by atoms with van der Waals surface area (Å²) >= 11 is 0. The number of hydrogen-bond acceptors (Lipinski definition) is 5. The molecule has 0 unspecified atom stereocenters. The van der Waals surface area contributed by atoms with Gasteiger partial charge in [-0.2, -0.15) is 0 Å². The fraction of sp³-hybridized carbons (Fsp3) is 0.450. The van der Waals surface area contributed by atoms with Crippen LogP contribution in [0.5, 0.6) is 5.75 Å². The second-order valence-electron chi connectivity index (χ2n) is 6.66. The minimum absolute atomic E-state index is 0.0838. The molecule has 0 spiro atoms. The van der Waals surface area contributed by atoms with Gasteiger partial charge in [-0.05, 0) is 25.1 Å². The van der Waals surface area contributed by atoms with Gasteiger partial charge in [0.1, 0.15) is 23.7 Å². The maximum absolute atomic E-state index is 12.6. The van der Waals surface area contributed by atoms with Crippen molar-refractivity contribution in [2.24, 2.45) is 0 Å². The first-order valence-corrected chi connectivity index (χ1v) is 9.45. The molecular weight excluding hydrogens is 344 g/mol. The van der Waals surface area contributed by atoms with Gasteiger partial charge in [0.2, 0.25) is 0 Å². The zero-order valence-corrected chi connectivity index (χ0v) is 15.7. The third kappa shape index (κ3) is 5.17. The first kappa shape index (κ1) is 19.1. The van der Waals surface area contributed by atoms with Crippen LogP contribution in [0.4, 0.5) is 0 Å². The standard InChI is InChI=1S/C20H26N4O3/c1-2-3-9-23-10-12-24(13-11-23)20(26)17-14-21-18(22-19(17)25)15-27-16-7-5-4-6-8-16/h4-8,14H,2-3,9-13,15H2,1H3,(H,21,22,25). The predicted molar refractivity (Wildman–Crippen MR) is 103 cm³/mol. The molecule has 27 heavy (non-hydrogen) atoms. The Kier molecular flexibility index (Phi) is 6.59. The second-order valence-corrected chi connectivity index (χ2v) is 6.66. The lowest BCUT2D eigenvalue weighted by Gasteiger charge is -2.34. The first-order valence-electron chi connectivity index (χ1n) is 9.45. The van der Waals surface area contributed by atoms with Crippen molar-refractivity contribution < 1.29 is 9.53 Å². The normalized spacial score (nSPS) is 14.9. The third-order valence-corrected chi connectivity index (χ3v) is 4.69. The SMILES string of the molecule is CCCCN1CCN(C(=O)c2cnc(COc3ccccc3)[nH]c2=O)CC1. The highest BCUT2D eigenvalue weighted by atomic mass is 16.5. The molecular formula is C20H26N4O3. The molecule has 1 aromatic heterocycles. The smallest absolute Gasteiger partial charge is 0.263 e. The number of ether oxygens (including phenoxy) is 1. The van der Waals surface area contributed by atoms with E-state index in [1.165, 1.54) is 19.0 Å². The number of nitrogens with one attached hydrogen (secondary N) is 1. The van der Waals surface area contributed by atoms with Crippen LogP contribution in [0.15, 0.2) is 41.3 Å². The Bertz CT molecular complexity index is 798. The summed E-state index contributed by atoms with van der Waals surface area (Å²) in [6, 6.07) is 9.30. The van der Waals surface area contributed by atoms with Gasteiger partial charge < -0.3 is 14.6 Å². The quantitative estimate of drug-likeness (QED) is 0.805. The lowest BCUT2D eigenvalue weighted by Crippen LogP contribution is -2.49. The maximum atomic E-state index is 12.6. The van der Waals surface area contributed by atoms with Gasteiger partial charge in [0.15, 0.2) is 0 Å². The van der Waals surface area contributed by atoms with Crippen LogP contribution >= 0.6 is 0 Å². The number of benzene rings is 1. The number of aromatic nitrogens is 2. The molecule has 1 fully saturated rings. The van der Waals surface area contributed by atoms with Gasteiger partial charge in [-0.3, -0.25) is 14.5 Å². The molecule has 2 aromatic rings. The lowest BCUT2D eigenvalue weighted by atomic mass is 10.2. The van der Waals surface area contributed by atoms with Crippen molar-refractivity contribution in [3.8, 4) is 5.75 Å². The molecule has 1 amide bonds. The van der Waals surface area contributed by atoms with Crippen LogP contribution in [0.2, 0.25) is 0 Å². The highest BCUT2D eigenvalue weighted by Crippen LogP contribution is 2.10. The molecule has 0 radical (unpaired) electrons. The van der Waals surface area contributed by atoms with Gasteiger partial charge in [-0.25, -0.2) is 4.98 Å². The molecule has 0 aliphatic carbocycles. The number of para-hydroxylation sites is 1. The number of nitrogens with zero attached hydrogens (tertiary/aromatic N) is 3. The Morgan fingerprint density at radius 2 is 1.93 bits per heavy atom. The molecule has 144 valence electrons. The zero-order valence-electron chi connectivity index (χ0n) is 15.7. The van der Waals surface area contributed by atoms with Gasteiger partial charge in [-0.1, -0.05) is 31.5 Å². The van der Waals surface area contributed by atoms with E-state index in [4.69, 9.17) is 4.74 Å². The van der Waals surface area contributed by atoms with Crippen molar-refractivity contribution in [3.63, 3.8) is 0 Å². The van der Waals surface area contributed by atoms with Crippen LogP contribution in [0.1, 0.15) is 35.9 Å². The molecule has 1 aliphatic heterocycles. The van der Waals surface area contributed by atoms with E-state index in [-0.39, 0.29) is 18.1 Å². The second kappa shape index (κ2) is 9.32. The van der Waals surface area contributed by atoms with E-state index in [0.29, 0.717) is 24.7 Å². The van der Waals surface area contributed by atoms with Gasteiger partial charge >= 0.3 is 0 Å². The van der Waals surface area contributed by atoms with E-state index in [1.807, 2.05) is 30.3 Å². The Balaban J connectivity index is 1.57. The minimum Gasteiger partial charge on any atom is -0.486 e. The molecule has 0 bridgehead atoms. The molecule has 0 saturated carbocycles. The summed E-state index contributed by atoms with van der Waals surface area (Å²) in [6.07, 6.45) is 3.69. The van der Waals surface area contributed by atoms with Crippen LogP contribution in [0.3, 0.4) is 0 Å². The van der Waals surface area contributed by atoms with Crippen molar-refractivity contribution in [2.75, 3.05) is 32.7 Å². The Hall–Kier alpha value is -2.67. The van der Waals surface area contributed by atoms with Gasteiger partial charge in [0.25, 0.3) is 11.5 Å². The summed E-state index contributed by atoms with van der Waals surface area (Å²) in [7, 11) is 0. The number of H-pyrrole nitrogens is 1.